The first-order valence-corrected chi connectivity index (χ1v) is 8.99. The average Bonchev–Trinajstić information content (AvgIpc) is 3.13. The van der Waals surface area contributed by atoms with Crippen molar-refractivity contribution in [3.8, 4) is 5.75 Å². The number of amides is 1. The summed E-state index contributed by atoms with van der Waals surface area (Å²) in [6.07, 6.45) is 0. The van der Waals surface area contributed by atoms with Crippen LogP contribution < -0.4 is 10.1 Å². The molecule has 0 spiro atoms. The normalized spacial score (nSPS) is 15.0. The summed E-state index contributed by atoms with van der Waals surface area (Å²) in [6, 6.07) is 9.42. The van der Waals surface area contributed by atoms with Gasteiger partial charge in [0.15, 0.2) is 5.76 Å². The second-order valence-corrected chi connectivity index (χ2v) is 6.51. The van der Waals surface area contributed by atoms with Gasteiger partial charge in [-0.25, -0.2) is 0 Å². The molecule has 3 rings (SSSR count). The standard InChI is InChI=1S/C20H26N2O4/c1-15-3-4-17(13-16(15)2)25-14-18-5-6-19(26-18)20(23)21-7-8-22-9-11-24-12-10-22/h3-6,13H,7-12,14H2,1-2H3,(H,21,23). The van der Waals surface area contributed by atoms with Crippen molar-refractivity contribution in [3.63, 3.8) is 0 Å². The number of aryl methyl sites for hydroxylation is 2. The van der Waals surface area contributed by atoms with Gasteiger partial charge in [0, 0.05) is 26.2 Å². The van der Waals surface area contributed by atoms with E-state index in [0.29, 0.717) is 24.7 Å². The van der Waals surface area contributed by atoms with E-state index in [0.717, 1.165) is 38.6 Å². The van der Waals surface area contributed by atoms with Crippen molar-refractivity contribution in [2.24, 2.45) is 0 Å². The van der Waals surface area contributed by atoms with Crippen molar-refractivity contribution in [1.82, 2.24) is 10.2 Å². The number of benzene rings is 1. The second kappa shape index (κ2) is 8.87. The van der Waals surface area contributed by atoms with Gasteiger partial charge in [0.25, 0.3) is 5.91 Å². The average molecular weight is 358 g/mol. The molecule has 140 valence electrons. The molecule has 1 fully saturated rings. The molecule has 6 nitrogen and oxygen atoms in total. The van der Waals surface area contributed by atoms with Gasteiger partial charge >= 0.3 is 0 Å². The zero-order valence-electron chi connectivity index (χ0n) is 15.4. The zero-order chi connectivity index (χ0) is 18.4. The summed E-state index contributed by atoms with van der Waals surface area (Å²) in [5.74, 6) is 1.53. The van der Waals surface area contributed by atoms with Gasteiger partial charge in [0.2, 0.25) is 0 Å². The fourth-order valence-electron chi connectivity index (χ4n) is 2.78. The molecular weight excluding hydrogens is 332 g/mol. The number of furan rings is 1. The molecule has 0 unspecified atom stereocenters. The van der Waals surface area contributed by atoms with Crippen LogP contribution in [0.5, 0.6) is 5.75 Å². The molecule has 1 aromatic heterocycles. The van der Waals surface area contributed by atoms with Crippen molar-refractivity contribution >= 4 is 5.91 Å². The highest BCUT2D eigenvalue weighted by molar-refractivity contribution is 5.91. The molecule has 6 heteroatoms. The van der Waals surface area contributed by atoms with Crippen LogP contribution in [0.3, 0.4) is 0 Å². The molecule has 1 aliphatic heterocycles. The van der Waals surface area contributed by atoms with Crippen LogP contribution in [0, 0.1) is 13.8 Å². The molecule has 1 saturated heterocycles. The fraction of sp³-hybridized carbons (Fsp3) is 0.450. The van der Waals surface area contributed by atoms with Crippen LogP contribution in [0.15, 0.2) is 34.7 Å². The molecular formula is C20H26N2O4. The van der Waals surface area contributed by atoms with E-state index in [1.165, 1.54) is 11.1 Å². The van der Waals surface area contributed by atoms with E-state index in [-0.39, 0.29) is 5.91 Å². The number of ether oxygens (including phenoxy) is 2. The van der Waals surface area contributed by atoms with Crippen molar-refractivity contribution < 1.29 is 18.7 Å². The maximum atomic E-state index is 12.2. The Hall–Kier alpha value is -2.31. The Bertz CT molecular complexity index is 735. The molecule has 2 aromatic rings. The summed E-state index contributed by atoms with van der Waals surface area (Å²) >= 11 is 0. The number of morpholine rings is 1. The number of hydrogen-bond donors (Lipinski definition) is 1. The zero-order valence-corrected chi connectivity index (χ0v) is 15.4. The van der Waals surface area contributed by atoms with Crippen molar-refractivity contribution in [1.29, 1.82) is 0 Å². The molecule has 1 N–H and O–H groups in total. The predicted octanol–water partition coefficient (Wildman–Crippen LogP) is 2.54. The van der Waals surface area contributed by atoms with E-state index in [4.69, 9.17) is 13.9 Å². The Balaban J connectivity index is 1.44. The largest absolute Gasteiger partial charge is 0.486 e. The molecule has 26 heavy (non-hydrogen) atoms. The summed E-state index contributed by atoms with van der Waals surface area (Å²) in [4.78, 5) is 14.4. The van der Waals surface area contributed by atoms with E-state index >= 15 is 0 Å². The van der Waals surface area contributed by atoms with E-state index in [1.807, 2.05) is 18.2 Å². The highest BCUT2D eigenvalue weighted by atomic mass is 16.5. The Labute approximate surface area is 154 Å². The summed E-state index contributed by atoms with van der Waals surface area (Å²) < 4.78 is 16.6. The quantitative estimate of drug-likeness (QED) is 0.824. The van der Waals surface area contributed by atoms with Gasteiger partial charge in [-0.1, -0.05) is 6.07 Å². The highest BCUT2D eigenvalue weighted by Crippen LogP contribution is 2.18. The van der Waals surface area contributed by atoms with E-state index in [2.05, 4.69) is 24.1 Å². The third kappa shape index (κ3) is 5.09. The number of nitrogens with one attached hydrogen (secondary N) is 1. The minimum absolute atomic E-state index is 0.198. The van der Waals surface area contributed by atoms with Crippen LogP contribution in [0.1, 0.15) is 27.4 Å². The number of nitrogens with zero attached hydrogens (tertiary/aromatic N) is 1. The highest BCUT2D eigenvalue weighted by Gasteiger charge is 2.13. The van der Waals surface area contributed by atoms with Gasteiger partial charge in [0.05, 0.1) is 13.2 Å². The number of rotatable bonds is 7. The van der Waals surface area contributed by atoms with Crippen LogP contribution in [-0.4, -0.2) is 50.2 Å². The lowest BCUT2D eigenvalue weighted by molar-refractivity contribution is 0.0382. The number of carbonyl (C=O) groups is 1. The topological polar surface area (TPSA) is 63.9 Å². The lowest BCUT2D eigenvalue weighted by Crippen LogP contribution is -2.41. The lowest BCUT2D eigenvalue weighted by Gasteiger charge is -2.26. The summed E-state index contributed by atoms with van der Waals surface area (Å²) in [6.45, 7) is 9.17. The molecule has 0 aliphatic carbocycles. The van der Waals surface area contributed by atoms with Crippen molar-refractivity contribution in [2.75, 3.05) is 39.4 Å². The van der Waals surface area contributed by atoms with Gasteiger partial charge in [-0.3, -0.25) is 9.69 Å². The first-order chi connectivity index (χ1) is 12.6. The maximum Gasteiger partial charge on any atom is 0.287 e. The molecule has 0 radical (unpaired) electrons. The Morgan fingerprint density at radius 3 is 2.73 bits per heavy atom. The van der Waals surface area contributed by atoms with E-state index in [9.17, 15) is 4.79 Å². The molecule has 1 amide bonds. The van der Waals surface area contributed by atoms with Gasteiger partial charge < -0.3 is 19.2 Å². The molecule has 0 bridgehead atoms. The molecule has 2 heterocycles. The summed E-state index contributed by atoms with van der Waals surface area (Å²) in [7, 11) is 0. The van der Waals surface area contributed by atoms with E-state index < -0.39 is 0 Å². The predicted molar refractivity (Wildman–Crippen MR) is 98.5 cm³/mol. The SMILES string of the molecule is Cc1ccc(OCc2ccc(C(=O)NCCN3CCOCC3)o2)cc1C. The molecule has 0 saturated carbocycles. The van der Waals surface area contributed by atoms with Crippen molar-refractivity contribution in [2.45, 2.75) is 20.5 Å². The fourth-order valence-corrected chi connectivity index (χ4v) is 2.78. The van der Waals surface area contributed by atoms with E-state index in [1.54, 1.807) is 12.1 Å². The van der Waals surface area contributed by atoms with Crippen LogP contribution in [0.2, 0.25) is 0 Å². The van der Waals surface area contributed by atoms with Crippen LogP contribution >= 0.6 is 0 Å². The van der Waals surface area contributed by atoms with Crippen LogP contribution in [-0.2, 0) is 11.3 Å². The summed E-state index contributed by atoms with van der Waals surface area (Å²) in [5.41, 5.74) is 2.41. The Kier molecular flexibility index (Phi) is 6.30. The minimum Gasteiger partial charge on any atom is -0.486 e. The van der Waals surface area contributed by atoms with Gasteiger partial charge in [-0.15, -0.1) is 0 Å². The first kappa shape index (κ1) is 18.5. The third-order valence-corrected chi connectivity index (χ3v) is 4.56. The third-order valence-electron chi connectivity index (χ3n) is 4.56. The van der Waals surface area contributed by atoms with Gasteiger partial charge in [-0.2, -0.15) is 0 Å². The Morgan fingerprint density at radius 2 is 1.96 bits per heavy atom. The van der Waals surface area contributed by atoms with Crippen molar-refractivity contribution in [3.05, 3.63) is 53.0 Å². The molecule has 1 aromatic carbocycles. The summed E-state index contributed by atoms with van der Waals surface area (Å²) in [5, 5.41) is 2.89. The van der Waals surface area contributed by atoms with Crippen LogP contribution in [0.25, 0.3) is 0 Å². The van der Waals surface area contributed by atoms with Crippen LogP contribution in [0.4, 0.5) is 0 Å². The van der Waals surface area contributed by atoms with Gasteiger partial charge in [-0.05, 0) is 49.2 Å². The van der Waals surface area contributed by atoms with Gasteiger partial charge in [0.1, 0.15) is 18.1 Å². The Morgan fingerprint density at radius 1 is 1.15 bits per heavy atom. The molecule has 0 atom stereocenters. The monoisotopic (exact) mass is 358 g/mol. The number of carbonyl (C=O) groups excluding carboxylic acids is 1. The smallest absolute Gasteiger partial charge is 0.287 e. The number of hydrogen-bond acceptors (Lipinski definition) is 5. The minimum atomic E-state index is -0.198. The second-order valence-electron chi connectivity index (χ2n) is 6.51. The maximum absolute atomic E-state index is 12.2. The molecule has 1 aliphatic rings. The lowest BCUT2D eigenvalue weighted by atomic mass is 10.1. The first-order valence-electron chi connectivity index (χ1n) is 8.99.